The van der Waals surface area contributed by atoms with Gasteiger partial charge in [-0.25, -0.2) is 0 Å². The topological polar surface area (TPSA) is 38.3 Å². The molecule has 0 spiro atoms. The number of para-hydroxylation sites is 2. The quantitative estimate of drug-likeness (QED) is 0.829. The minimum absolute atomic E-state index is 0.0229. The van der Waals surface area contributed by atoms with Gasteiger partial charge in [-0.1, -0.05) is 26.0 Å². The van der Waals surface area contributed by atoms with Crippen LogP contribution in [-0.2, 0) is 4.79 Å². The highest BCUT2D eigenvalue weighted by atomic mass is 16.5. The fourth-order valence-corrected chi connectivity index (χ4v) is 1.29. The Kier molecular flexibility index (Phi) is 4.83. The van der Waals surface area contributed by atoms with Gasteiger partial charge in [0.2, 0.25) is 5.91 Å². The maximum Gasteiger partial charge on any atom is 0.227 e. The van der Waals surface area contributed by atoms with E-state index in [2.05, 4.69) is 5.32 Å². The largest absolute Gasteiger partial charge is 0.492 e. The number of carbonyl (C=O) groups is 1. The summed E-state index contributed by atoms with van der Waals surface area (Å²) in [7, 11) is 0. The molecule has 3 nitrogen and oxygen atoms in total. The van der Waals surface area contributed by atoms with Crippen LogP contribution in [-0.4, -0.2) is 12.5 Å². The van der Waals surface area contributed by atoms with Gasteiger partial charge in [-0.15, -0.1) is 0 Å². The minimum atomic E-state index is 0.0229. The van der Waals surface area contributed by atoms with Crippen molar-refractivity contribution in [1.82, 2.24) is 0 Å². The highest BCUT2D eigenvalue weighted by Gasteiger charge is 2.12. The van der Waals surface area contributed by atoms with Gasteiger partial charge in [0.15, 0.2) is 0 Å². The second-order valence-electron chi connectivity index (χ2n) is 3.73. The molecule has 1 aromatic carbocycles. The lowest BCUT2D eigenvalue weighted by Crippen LogP contribution is -2.20. The molecule has 0 saturated carbocycles. The smallest absolute Gasteiger partial charge is 0.227 e. The monoisotopic (exact) mass is 221 g/mol. The minimum Gasteiger partial charge on any atom is -0.492 e. The van der Waals surface area contributed by atoms with Crippen LogP contribution in [0.4, 0.5) is 5.69 Å². The normalized spacial score (nSPS) is 11.9. The predicted octanol–water partition coefficient (Wildman–Crippen LogP) is 3.07. The molecule has 0 saturated heterocycles. The molecule has 1 amide bonds. The number of hydrogen-bond acceptors (Lipinski definition) is 2. The second-order valence-corrected chi connectivity index (χ2v) is 3.73. The summed E-state index contributed by atoms with van der Waals surface area (Å²) in [6.45, 7) is 6.43. The third-order valence-electron chi connectivity index (χ3n) is 2.50. The van der Waals surface area contributed by atoms with E-state index in [0.717, 1.165) is 17.9 Å². The van der Waals surface area contributed by atoms with E-state index in [4.69, 9.17) is 4.74 Å². The Hall–Kier alpha value is -1.51. The fraction of sp³-hybridized carbons (Fsp3) is 0.462. The lowest BCUT2D eigenvalue weighted by atomic mass is 10.1. The maximum absolute atomic E-state index is 11.7. The zero-order chi connectivity index (χ0) is 12.0. The van der Waals surface area contributed by atoms with Crippen LogP contribution in [0.25, 0.3) is 0 Å². The van der Waals surface area contributed by atoms with Crippen LogP contribution < -0.4 is 10.1 Å². The Morgan fingerprint density at radius 2 is 2.06 bits per heavy atom. The van der Waals surface area contributed by atoms with Crippen LogP contribution in [0.2, 0.25) is 0 Å². The maximum atomic E-state index is 11.7. The standard InChI is InChI=1S/C13H19NO2/c1-4-10(3)13(15)14-11-8-6-7-9-12(11)16-5-2/h6-10H,4-5H2,1-3H3,(H,14,15)/t10-/m1/s1. The van der Waals surface area contributed by atoms with Crippen molar-refractivity contribution in [3.63, 3.8) is 0 Å². The summed E-state index contributed by atoms with van der Waals surface area (Å²) in [6, 6.07) is 7.49. The highest BCUT2D eigenvalue weighted by molar-refractivity contribution is 5.93. The van der Waals surface area contributed by atoms with Crippen molar-refractivity contribution in [2.24, 2.45) is 5.92 Å². The molecule has 0 bridgehead atoms. The Labute approximate surface area is 96.8 Å². The van der Waals surface area contributed by atoms with Crippen molar-refractivity contribution < 1.29 is 9.53 Å². The number of benzene rings is 1. The van der Waals surface area contributed by atoms with E-state index >= 15 is 0 Å². The van der Waals surface area contributed by atoms with Crippen molar-refractivity contribution in [2.45, 2.75) is 27.2 Å². The van der Waals surface area contributed by atoms with E-state index in [1.807, 2.05) is 45.0 Å². The summed E-state index contributed by atoms with van der Waals surface area (Å²) in [5.74, 6) is 0.783. The third kappa shape index (κ3) is 3.26. The molecule has 0 aromatic heterocycles. The molecule has 0 fully saturated rings. The molecule has 1 rings (SSSR count). The molecule has 3 heteroatoms. The van der Waals surface area contributed by atoms with Gasteiger partial charge in [-0.3, -0.25) is 4.79 Å². The van der Waals surface area contributed by atoms with Gasteiger partial charge < -0.3 is 10.1 Å². The lowest BCUT2D eigenvalue weighted by Gasteiger charge is -2.13. The van der Waals surface area contributed by atoms with E-state index < -0.39 is 0 Å². The number of hydrogen-bond donors (Lipinski definition) is 1. The summed E-state index contributed by atoms with van der Waals surface area (Å²) in [4.78, 5) is 11.7. The van der Waals surface area contributed by atoms with Crippen LogP contribution in [0, 0.1) is 5.92 Å². The Morgan fingerprint density at radius 3 is 2.69 bits per heavy atom. The first-order valence-electron chi connectivity index (χ1n) is 5.71. The molecule has 1 N–H and O–H groups in total. The summed E-state index contributed by atoms with van der Waals surface area (Å²) < 4.78 is 5.44. The third-order valence-corrected chi connectivity index (χ3v) is 2.50. The first-order chi connectivity index (χ1) is 7.69. The summed E-state index contributed by atoms with van der Waals surface area (Å²) in [5, 5.41) is 2.88. The van der Waals surface area contributed by atoms with Crippen LogP contribution in [0.15, 0.2) is 24.3 Å². The molecule has 88 valence electrons. The molecular formula is C13H19NO2. The zero-order valence-electron chi connectivity index (χ0n) is 10.1. The molecule has 0 radical (unpaired) electrons. The second kappa shape index (κ2) is 6.16. The molecule has 1 aromatic rings. The van der Waals surface area contributed by atoms with E-state index in [1.165, 1.54) is 0 Å². The molecule has 1 atom stereocenters. The van der Waals surface area contributed by atoms with E-state index in [-0.39, 0.29) is 11.8 Å². The summed E-state index contributed by atoms with van der Waals surface area (Å²) in [6.07, 6.45) is 0.836. The Morgan fingerprint density at radius 1 is 1.38 bits per heavy atom. The first kappa shape index (κ1) is 12.6. The van der Waals surface area contributed by atoms with Crippen LogP contribution in [0.1, 0.15) is 27.2 Å². The molecule has 0 aliphatic carbocycles. The van der Waals surface area contributed by atoms with E-state index in [9.17, 15) is 4.79 Å². The van der Waals surface area contributed by atoms with E-state index in [1.54, 1.807) is 0 Å². The van der Waals surface area contributed by atoms with Crippen LogP contribution in [0.3, 0.4) is 0 Å². The van der Waals surface area contributed by atoms with Gasteiger partial charge in [0.05, 0.1) is 12.3 Å². The number of anilines is 1. The van der Waals surface area contributed by atoms with Gasteiger partial charge in [-0.05, 0) is 25.5 Å². The van der Waals surface area contributed by atoms with Crippen molar-refractivity contribution in [2.75, 3.05) is 11.9 Å². The molecule has 16 heavy (non-hydrogen) atoms. The van der Waals surface area contributed by atoms with Crippen molar-refractivity contribution in [3.05, 3.63) is 24.3 Å². The molecule has 0 unspecified atom stereocenters. The van der Waals surface area contributed by atoms with Crippen LogP contribution >= 0.6 is 0 Å². The first-order valence-corrected chi connectivity index (χ1v) is 5.71. The van der Waals surface area contributed by atoms with Crippen LogP contribution in [0.5, 0.6) is 5.75 Å². The van der Waals surface area contributed by atoms with Crippen molar-refractivity contribution in [1.29, 1.82) is 0 Å². The number of ether oxygens (including phenoxy) is 1. The zero-order valence-corrected chi connectivity index (χ0v) is 10.1. The predicted molar refractivity (Wildman–Crippen MR) is 65.7 cm³/mol. The lowest BCUT2D eigenvalue weighted by molar-refractivity contribution is -0.119. The number of rotatable bonds is 5. The Bertz CT molecular complexity index is 350. The SMILES string of the molecule is CCOc1ccccc1NC(=O)[C@H](C)CC. The Balaban J connectivity index is 2.76. The number of nitrogens with one attached hydrogen (secondary N) is 1. The summed E-state index contributed by atoms with van der Waals surface area (Å²) in [5.41, 5.74) is 0.745. The number of amides is 1. The van der Waals surface area contributed by atoms with Crippen molar-refractivity contribution >= 4 is 11.6 Å². The molecular weight excluding hydrogens is 202 g/mol. The van der Waals surface area contributed by atoms with Crippen molar-refractivity contribution in [3.8, 4) is 5.75 Å². The molecule has 0 aliphatic heterocycles. The highest BCUT2D eigenvalue weighted by Crippen LogP contribution is 2.24. The summed E-state index contributed by atoms with van der Waals surface area (Å²) >= 11 is 0. The van der Waals surface area contributed by atoms with Gasteiger partial charge in [-0.2, -0.15) is 0 Å². The van der Waals surface area contributed by atoms with Gasteiger partial charge >= 0.3 is 0 Å². The molecule has 0 heterocycles. The average Bonchev–Trinajstić information content (AvgIpc) is 2.31. The van der Waals surface area contributed by atoms with Gasteiger partial charge in [0.25, 0.3) is 0 Å². The average molecular weight is 221 g/mol. The van der Waals surface area contributed by atoms with Gasteiger partial charge in [0.1, 0.15) is 5.75 Å². The number of carbonyl (C=O) groups excluding carboxylic acids is 1. The molecule has 0 aliphatic rings. The van der Waals surface area contributed by atoms with E-state index in [0.29, 0.717) is 6.61 Å². The fourth-order valence-electron chi connectivity index (χ4n) is 1.29. The van der Waals surface area contributed by atoms with Gasteiger partial charge in [0, 0.05) is 5.92 Å².